The maximum atomic E-state index is 12.1. The Morgan fingerprint density at radius 3 is 2.83 bits per heavy atom. The third-order valence-electron chi connectivity index (χ3n) is 2.86. The largest absolute Gasteiger partial charge is 0.315 e. The number of nitrogens with zero attached hydrogens (tertiary/aromatic N) is 2. The van der Waals surface area contributed by atoms with Crippen LogP contribution in [0.25, 0.3) is 0 Å². The Morgan fingerprint density at radius 2 is 2.28 bits per heavy atom. The summed E-state index contributed by atoms with van der Waals surface area (Å²) in [6.07, 6.45) is 5.33. The number of sulfonamides is 1. The first kappa shape index (κ1) is 15.3. The lowest BCUT2D eigenvalue weighted by molar-refractivity contribution is 0.549. The molecule has 6 nitrogen and oxygen atoms in total. The number of halogens is 1. The van der Waals surface area contributed by atoms with Crippen LogP contribution in [0, 0.1) is 0 Å². The zero-order chi connectivity index (χ0) is 12.3. The zero-order valence-electron chi connectivity index (χ0n) is 10.0. The van der Waals surface area contributed by atoms with Gasteiger partial charge in [0.05, 0.1) is 5.69 Å². The molecule has 0 aromatic carbocycles. The first-order valence-electron chi connectivity index (χ1n) is 5.57. The zero-order valence-corrected chi connectivity index (χ0v) is 11.7. The summed E-state index contributed by atoms with van der Waals surface area (Å²) in [5, 5.41) is 2.44. The van der Waals surface area contributed by atoms with Crippen molar-refractivity contribution in [3.63, 3.8) is 0 Å². The first-order valence-corrected chi connectivity index (χ1v) is 7.12. The van der Waals surface area contributed by atoms with Crippen LogP contribution in [-0.2, 0) is 10.0 Å². The van der Waals surface area contributed by atoms with Crippen LogP contribution in [0.15, 0.2) is 18.6 Å². The van der Waals surface area contributed by atoms with Gasteiger partial charge in [0.1, 0.15) is 5.25 Å². The predicted octanol–water partition coefficient (Wildman–Crippen LogP) is 0.241. The minimum absolute atomic E-state index is 0. The molecule has 1 unspecified atom stereocenters. The quantitative estimate of drug-likeness (QED) is 0.830. The summed E-state index contributed by atoms with van der Waals surface area (Å²) in [4.78, 5) is 7.91. The highest BCUT2D eigenvalue weighted by Crippen LogP contribution is 2.18. The van der Waals surface area contributed by atoms with E-state index in [4.69, 9.17) is 0 Å². The maximum Gasteiger partial charge on any atom is 0.220 e. The summed E-state index contributed by atoms with van der Waals surface area (Å²) < 4.78 is 26.9. The smallest absolute Gasteiger partial charge is 0.220 e. The van der Waals surface area contributed by atoms with Gasteiger partial charge in [-0.3, -0.25) is 9.97 Å². The summed E-state index contributed by atoms with van der Waals surface area (Å²) in [7, 11) is -3.39. The molecule has 2 heterocycles. The SMILES string of the molecule is CC(c1cnccn1)S(=O)(=O)N[C@@H]1CCNC1.Cl. The Balaban J connectivity index is 0.00000162. The minimum Gasteiger partial charge on any atom is -0.315 e. The van der Waals surface area contributed by atoms with Crippen LogP contribution in [-0.4, -0.2) is 37.5 Å². The van der Waals surface area contributed by atoms with E-state index < -0.39 is 15.3 Å². The second-order valence-corrected chi connectivity index (χ2v) is 6.16. The lowest BCUT2D eigenvalue weighted by atomic mass is 10.3. The van der Waals surface area contributed by atoms with E-state index in [1.165, 1.54) is 18.6 Å². The second kappa shape index (κ2) is 6.42. The van der Waals surface area contributed by atoms with Crippen LogP contribution in [0.1, 0.15) is 24.3 Å². The van der Waals surface area contributed by atoms with Crippen molar-refractivity contribution in [2.45, 2.75) is 24.6 Å². The topological polar surface area (TPSA) is 84.0 Å². The summed E-state index contributed by atoms with van der Waals surface area (Å²) >= 11 is 0. The molecule has 1 saturated heterocycles. The Morgan fingerprint density at radius 1 is 1.50 bits per heavy atom. The average molecular weight is 293 g/mol. The van der Waals surface area contributed by atoms with Crippen LogP contribution in [0.5, 0.6) is 0 Å². The molecule has 2 atom stereocenters. The number of rotatable bonds is 4. The maximum absolute atomic E-state index is 12.1. The summed E-state index contributed by atoms with van der Waals surface area (Å²) in [6, 6.07) is -0.0147. The van der Waals surface area contributed by atoms with E-state index in [0.29, 0.717) is 12.2 Å². The van der Waals surface area contributed by atoms with Gasteiger partial charge in [0.25, 0.3) is 0 Å². The minimum atomic E-state index is -3.39. The van der Waals surface area contributed by atoms with Crippen LogP contribution in [0.4, 0.5) is 0 Å². The fourth-order valence-electron chi connectivity index (χ4n) is 1.77. The molecule has 1 aliphatic rings. The number of aromatic nitrogens is 2. The molecule has 0 amide bonds. The van der Waals surface area contributed by atoms with E-state index in [9.17, 15) is 8.42 Å². The van der Waals surface area contributed by atoms with E-state index in [1.807, 2.05) is 0 Å². The van der Waals surface area contributed by atoms with Crippen molar-refractivity contribution in [1.29, 1.82) is 0 Å². The van der Waals surface area contributed by atoms with Gasteiger partial charge < -0.3 is 5.32 Å². The normalized spacial score (nSPS) is 21.3. The number of nitrogens with one attached hydrogen (secondary N) is 2. The molecule has 1 fully saturated rings. The Labute approximate surface area is 113 Å². The molecule has 8 heteroatoms. The van der Waals surface area contributed by atoms with Gasteiger partial charge in [-0.2, -0.15) is 0 Å². The highest BCUT2D eigenvalue weighted by Gasteiger charge is 2.28. The third-order valence-corrected chi connectivity index (χ3v) is 4.69. The molecule has 0 radical (unpaired) electrons. The standard InChI is InChI=1S/C10H16N4O2S.ClH/c1-8(10-7-12-4-5-13-10)17(15,16)14-9-2-3-11-6-9;/h4-5,7-9,11,14H,2-3,6H2,1H3;1H/t8?,9-;/m1./s1. The fraction of sp³-hybridized carbons (Fsp3) is 0.600. The lowest BCUT2D eigenvalue weighted by Gasteiger charge is -2.16. The Kier molecular flexibility index (Phi) is 5.46. The molecule has 1 aromatic heterocycles. The monoisotopic (exact) mass is 292 g/mol. The molecule has 0 bridgehead atoms. The van der Waals surface area contributed by atoms with Crippen molar-refractivity contribution >= 4 is 22.4 Å². The van der Waals surface area contributed by atoms with Gasteiger partial charge >= 0.3 is 0 Å². The average Bonchev–Trinajstić information content (AvgIpc) is 2.81. The van der Waals surface area contributed by atoms with Gasteiger partial charge in [-0.1, -0.05) is 0 Å². The fourth-order valence-corrected chi connectivity index (χ4v) is 3.08. The van der Waals surface area contributed by atoms with Crippen LogP contribution in [0.2, 0.25) is 0 Å². The van der Waals surface area contributed by atoms with E-state index in [1.54, 1.807) is 6.92 Å². The van der Waals surface area contributed by atoms with Crippen molar-refractivity contribution in [2.24, 2.45) is 0 Å². The summed E-state index contributed by atoms with van der Waals surface area (Å²) in [5.41, 5.74) is 0.464. The highest BCUT2D eigenvalue weighted by molar-refractivity contribution is 7.89. The molecular weight excluding hydrogens is 276 g/mol. The van der Waals surface area contributed by atoms with E-state index >= 15 is 0 Å². The van der Waals surface area contributed by atoms with Gasteiger partial charge in [0.15, 0.2) is 0 Å². The van der Waals surface area contributed by atoms with Crippen molar-refractivity contribution < 1.29 is 8.42 Å². The predicted molar refractivity (Wildman–Crippen MR) is 71.0 cm³/mol. The molecule has 0 saturated carbocycles. The molecule has 1 aromatic rings. The molecule has 102 valence electrons. The second-order valence-electron chi connectivity index (χ2n) is 4.13. The van der Waals surface area contributed by atoms with E-state index in [2.05, 4.69) is 20.0 Å². The first-order chi connectivity index (χ1) is 8.09. The number of hydrogen-bond acceptors (Lipinski definition) is 5. The van der Waals surface area contributed by atoms with Gasteiger partial charge in [-0.25, -0.2) is 13.1 Å². The summed E-state index contributed by atoms with van der Waals surface area (Å²) in [5.74, 6) is 0. The van der Waals surface area contributed by atoms with Crippen molar-refractivity contribution in [1.82, 2.24) is 20.0 Å². The third kappa shape index (κ3) is 3.61. The summed E-state index contributed by atoms with van der Waals surface area (Å²) in [6.45, 7) is 3.16. The Hall–Kier alpha value is -0.760. The van der Waals surface area contributed by atoms with E-state index in [-0.39, 0.29) is 18.4 Å². The van der Waals surface area contributed by atoms with Crippen molar-refractivity contribution in [2.75, 3.05) is 13.1 Å². The Bertz CT molecular complexity index is 462. The van der Waals surface area contributed by atoms with Crippen LogP contribution < -0.4 is 10.0 Å². The van der Waals surface area contributed by atoms with Gasteiger partial charge in [-0.05, 0) is 19.9 Å². The van der Waals surface area contributed by atoms with Crippen molar-refractivity contribution in [3.05, 3.63) is 24.3 Å². The van der Waals surface area contributed by atoms with Gasteiger partial charge in [-0.15, -0.1) is 12.4 Å². The number of hydrogen-bond donors (Lipinski definition) is 2. The molecule has 0 aliphatic carbocycles. The molecule has 0 spiro atoms. The van der Waals surface area contributed by atoms with Gasteiger partial charge in [0.2, 0.25) is 10.0 Å². The molecular formula is C10H17ClN4O2S. The van der Waals surface area contributed by atoms with E-state index in [0.717, 1.165) is 13.0 Å². The molecule has 2 rings (SSSR count). The van der Waals surface area contributed by atoms with Gasteiger partial charge in [0, 0.05) is 31.2 Å². The van der Waals surface area contributed by atoms with Crippen LogP contribution in [0.3, 0.4) is 0 Å². The highest BCUT2D eigenvalue weighted by atomic mass is 35.5. The molecule has 1 aliphatic heterocycles. The lowest BCUT2D eigenvalue weighted by Crippen LogP contribution is -2.38. The van der Waals surface area contributed by atoms with Crippen LogP contribution >= 0.6 is 12.4 Å². The van der Waals surface area contributed by atoms with Crippen molar-refractivity contribution in [3.8, 4) is 0 Å². The molecule has 18 heavy (non-hydrogen) atoms. The molecule has 2 N–H and O–H groups in total.